The molecule has 1 unspecified atom stereocenters. The van der Waals surface area contributed by atoms with Crippen LogP contribution in [-0.4, -0.2) is 27.3 Å². The largest absolute Gasteiger partial charge is 0.508 e. The number of benzene rings is 2. The first kappa shape index (κ1) is 23.5. The molecule has 172 valence electrons. The summed E-state index contributed by atoms with van der Waals surface area (Å²) in [7, 11) is 0. The normalized spacial score (nSPS) is 14.8. The molecule has 1 aliphatic rings. The van der Waals surface area contributed by atoms with Crippen molar-refractivity contribution >= 4 is 52.2 Å². The Morgan fingerprint density at radius 2 is 1.85 bits per heavy atom. The van der Waals surface area contributed by atoms with Gasteiger partial charge in [-0.05, 0) is 60.3 Å². The van der Waals surface area contributed by atoms with Crippen molar-refractivity contribution in [3.8, 4) is 5.75 Å². The fraction of sp³-hybridized carbons (Fsp3) is 0.261. The van der Waals surface area contributed by atoms with Crippen LogP contribution in [0.15, 0.2) is 48.5 Å². The molecule has 10 heteroatoms. The Hall–Kier alpha value is -2.68. The lowest BCUT2D eigenvalue weighted by molar-refractivity contribution is -0.123. The van der Waals surface area contributed by atoms with Crippen LogP contribution in [0.4, 0.5) is 10.1 Å². The first-order valence-electron chi connectivity index (χ1n) is 10.3. The summed E-state index contributed by atoms with van der Waals surface area (Å²) >= 11 is 13.1. The van der Waals surface area contributed by atoms with Crippen molar-refractivity contribution < 1.29 is 19.1 Å². The quantitative estimate of drug-likeness (QED) is 0.445. The number of aromatic nitrogens is 1. The number of anilines is 1. The van der Waals surface area contributed by atoms with Gasteiger partial charge in [0.15, 0.2) is 5.69 Å². The highest BCUT2D eigenvalue weighted by Gasteiger charge is 2.37. The molecule has 0 spiro atoms. The van der Waals surface area contributed by atoms with Crippen molar-refractivity contribution in [1.82, 2.24) is 9.69 Å². The van der Waals surface area contributed by atoms with Crippen molar-refractivity contribution in [3.05, 3.63) is 75.0 Å². The van der Waals surface area contributed by atoms with Crippen LogP contribution in [0.25, 0.3) is 0 Å². The van der Waals surface area contributed by atoms with Gasteiger partial charge in [0.25, 0.3) is 5.91 Å². The van der Waals surface area contributed by atoms with E-state index in [0.717, 1.165) is 48.2 Å². The molecule has 1 aliphatic carbocycles. The SMILES string of the molecule is O=C(NC1CCCC1)C(c1ccc(O)cc1)N(C(=O)c1nsc(Cl)c1Cl)c1cccc(F)c1. The fourth-order valence-electron chi connectivity index (χ4n) is 3.94. The summed E-state index contributed by atoms with van der Waals surface area (Å²) in [6.45, 7) is 0. The summed E-state index contributed by atoms with van der Waals surface area (Å²) in [4.78, 5) is 28.4. The van der Waals surface area contributed by atoms with Gasteiger partial charge in [-0.15, -0.1) is 0 Å². The zero-order valence-corrected chi connectivity index (χ0v) is 19.6. The van der Waals surface area contributed by atoms with E-state index in [-0.39, 0.29) is 32.5 Å². The number of nitrogens with zero attached hydrogens (tertiary/aromatic N) is 2. The third-order valence-corrected chi connectivity index (χ3v) is 7.13. The third kappa shape index (κ3) is 5.13. The summed E-state index contributed by atoms with van der Waals surface area (Å²) < 4.78 is 18.4. The molecule has 1 atom stereocenters. The van der Waals surface area contributed by atoms with Crippen molar-refractivity contribution in [3.63, 3.8) is 0 Å². The number of aromatic hydroxyl groups is 1. The van der Waals surface area contributed by atoms with Crippen LogP contribution in [-0.2, 0) is 4.79 Å². The fourth-order valence-corrected chi connectivity index (χ4v) is 4.93. The highest BCUT2D eigenvalue weighted by molar-refractivity contribution is 7.11. The van der Waals surface area contributed by atoms with Gasteiger partial charge in [0.1, 0.15) is 27.0 Å². The summed E-state index contributed by atoms with van der Waals surface area (Å²) in [5.74, 6) is -1.70. The summed E-state index contributed by atoms with van der Waals surface area (Å²) in [6.07, 6.45) is 3.70. The van der Waals surface area contributed by atoms with Gasteiger partial charge in [-0.3, -0.25) is 14.5 Å². The number of hydrogen-bond acceptors (Lipinski definition) is 5. The Morgan fingerprint density at radius 3 is 2.45 bits per heavy atom. The second kappa shape index (κ2) is 10.1. The topological polar surface area (TPSA) is 82.5 Å². The highest BCUT2D eigenvalue weighted by atomic mass is 35.5. The van der Waals surface area contributed by atoms with E-state index in [1.165, 1.54) is 30.3 Å². The zero-order chi connectivity index (χ0) is 23.5. The number of carbonyl (C=O) groups is 2. The molecule has 2 amide bonds. The summed E-state index contributed by atoms with van der Waals surface area (Å²) in [6, 6.07) is 10.1. The van der Waals surface area contributed by atoms with Crippen LogP contribution in [0.1, 0.15) is 47.8 Å². The van der Waals surface area contributed by atoms with Crippen LogP contribution in [0, 0.1) is 5.82 Å². The molecule has 3 aromatic rings. The smallest absolute Gasteiger partial charge is 0.280 e. The van der Waals surface area contributed by atoms with Crippen molar-refractivity contribution in [2.24, 2.45) is 0 Å². The Morgan fingerprint density at radius 1 is 1.15 bits per heavy atom. The molecule has 1 aromatic heterocycles. The van der Waals surface area contributed by atoms with Gasteiger partial charge in [-0.25, -0.2) is 4.39 Å². The minimum atomic E-state index is -1.17. The van der Waals surface area contributed by atoms with Crippen LogP contribution in [0.2, 0.25) is 9.36 Å². The third-order valence-electron chi connectivity index (χ3n) is 5.52. The molecular formula is C23H20Cl2FN3O3S. The van der Waals surface area contributed by atoms with Gasteiger partial charge in [0.05, 0.1) is 0 Å². The molecule has 6 nitrogen and oxygen atoms in total. The summed E-state index contributed by atoms with van der Waals surface area (Å²) in [5, 5.41) is 12.7. The molecule has 2 aromatic carbocycles. The van der Waals surface area contributed by atoms with E-state index in [1.54, 1.807) is 12.1 Å². The molecule has 1 heterocycles. The minimum Gasteiger partial charge on any atom is -0.508 e. The minimum absolute atomic E-state index is 0.00617. The number of carbonyl (C=O) groups excluding carboxylic acids is 2. The summed E-state index contributed by atoms with van der Waals surface area (Å²) in [5.41, 5.74) is 0.451. The Bertz CT molecular complexity index is 1170. The van der Waals surface area contributed by atoms with Gasteiger partial charge >= 0.3 is 0 Å². The predicted molar refractivity (Wildman–Crippen MR) is 127 cm³/mol. The van der Waals surface area contributed by atoms with E-state index in [0.29, 0.717) is 5.56 Å². The first-order valence-corrected chi connectivity index (χ1v) is 11.9. The molecule has 0 aliphatic heterocycles. The zero-order valence-electron chi connectivity index (χ0n) is 17.3. The molecule has 1 fully saturated rings. The van der Waals surface area contributed by atoms with Crippen molar-refractivity contribution in [1.29, 1.82) is 0 Å². The number of amides is 2. The molecule has 33 heavy (non-hydrogen) atoms. The lowest BCUT2D eigenvalue weighted by atomic mass is 10.0. The number of halogens is 3. The first-order chi connectivity index (χ1) is 15.8. The number of phenols is 1. The second-order valence-corrected chi connectivity index (χ2v) is 9.51. The Kier molecular flexibility index (Phi) is 7.17. The van der Waals surface area contributed by atoms with E-state index >= 15 is 0 Å². The van der Waals surface area contributed by atoms with E-state index < -0.39 is 23.7 Å². The molecule has 0 radical (unpaired) electrons. The lowest BCUT2D eigenvalue weighted by Crippen LogP contribution is -2.46. The van der Waals surface area contributed by atoms with Gasteiger partial charge in [-0.2, -0.15) is 4.37 Å². The van der Waals surface area contributed by atoms with Crippen LogP contribution >= 0.6 is 34.7 Å². The van der Waals surface area contributed by atoms with Gasteiger partial charge in [-0.1, -0.05) is 54.2 Å². The number of nitrogens with one attached hydrogen (secondary N) is 1. The van der Waals surface area contributed by atoms with Gasteiger partial charge in [0, 0.05) is 11.7 Å². The van der Waals surface area contributed by atoms with E-state index in [4.69, 9.17) is 23.2 Å². The number of phenolic OH excluding ortho intramolecular Hbond substituents is 1. The number of rotatable bonds is 6. The number of hydrogen-bond donors (Lipinski definition) is 2. The molecule has 2 N–H and O–H groups in total. The van der Waals surface area contributed by atoms with Crippen molar-refractivity contribution in [2.45, 2.75) is 37.8 Å². The molecule has 0 bridgehead atoms. The maximum Gasteiger partial charge on any atom is 0.280 e. The second-order valence-electron chi connectivity index (χ2n) is 7.76. The lowest BCUT2D eigenvalue weighted by Gasteiger charge is -2.32. The molecular weight excluding hydrogens is 488 g/mol. The predicted octanol–water partition coefficient (Wildman–Crippen LogP) is 5.74. The monoisotopic (exact) mass is 507 g/mol. The van der Waals surface area contributed by atoms with Gasteiger partial charge in [0.2, 0.25) is 5.91 Å². The Balaban J connectivity index is 1.84. The molecule has 4 rings (SSSR count). The van der Waals surface area contributed by atoms with E-state index in [9.17, 15) is 19.1 Å². The van der Waals surface area contributed by atoms with Crippen LogP contribution in [0.3, 0.4) is 0 Å². The standard InChI is InChI=1S/C23H20Cl2FN3O3S/c24-18-19(28-33-21(18)25)23(32)29(16-7-3-4-14(26)12-16)20(13-8-10-17(30)11-9-13)22(31)27-15-5-1-2-6-15/h3-4,7-12,15,20,30H,1-2,5-6H2,(H,27,31). The maximum atomic E-state index is 14.2. The van der Waals surface area contributed by atoms with Gasteiger partial charge < -0.3 is 10.4 Å². The molecule has 1 saturated carbocycles. The van der Waals surface area contributed by atoms with Crippen LogP contribution in [0.5, 0.6) is 5.75 Å². The average molecular weight is 508 g/mol. The molecule has 0 saturated heterocycles. The van der Waals surface area contributed by atoms with Crippen molar-refractivity contribution in [2.75, 3.05) is 4.90 Å². The highest BCUT2D eigenvalue weighted by Crippen LogP contribution is 2.35. The Labute approximate surface area is 204 Å². The maximum absolute atomic E-state index is 14.2. The van der Waals surface area contributed by atoms with E-state index in [2.05, 4.69) is 9.69 Å². The van der Waals surface area contributed by atoms with E-state index in [1.807, 2.05) is 0 Å². The van der Waals surface area contributed by atoms with Crippen LogP contribution < -0.4 is 10.2 Å². The average Bonchev–Trinajstić information content (AvgIpc) is 3.42.